The van der Waals surface area contributed by atoms with Gasteiger partial charge in [0.1, 0.15) is 5.75 Å². The summed E-state index contributed by atoms with van der Waals surface area (Å²) in [4.78, 5) is 0. The summed E-state index contributed by atoms with van der Waals surface area (Å²) < 4.78 is 5.16. The van der Waals surface area contributed by atoms with Crippen molar-refractivity contribution in [1.29, 1.82) is 0 Å². The van der Waals surface area contributed by atoms with Crippen LogP contribution in [0.1, 0.15) is 25.3 Å². The molecule has 2 N–H and O–H groups in total. The molecule has 0 amide bonds. The van der Waals surface area contributed by atoms with Gasteiger partial charge in [-0.3, -0.25) is 0 Å². The molecule has 1 atom stereocenters. The minimum Gasteiger partial charge on any atom is -0.497 e. The molecule has 0 radical (unpaired) electrons. The van der Waals surface area contributed by atoms with Crippen LogP contribution in [-0.2, 0) is 5.60 Å². The zero-order valence-corrected chi connectivity index (χ0v) is 9.86. The molecule has 0 spiro atoms. The van der Waals surface area contributed by atoms with Crippen molar-refractivity contribution >= 4 is 0 Å². The fourth-order valence-corrected chi connectivity index (χ4v) is 1.69. The van der Waals surface area contributed by atoms with Crippen LogP contribution in [0.25, 0.3) is 0 Å². The molecule has 0 aliphatic heterocycles. The molecule has 0 bridgehead atoms. The largest absolute Gasteiger partial charge is 0.497 e. The van der Waals surface area contributed by atoms with Crippen molar-refractivity contribution in [2.24, 2.45) is 0 Å². The van der Waals surface area contributed by atoms with Gasteiger partial charge in [-0.2, -0.15) is 0 Å². The lowest BCUT2D eigenvalue weighted by Gasteiger charge is -2.24. The SMILES string of the molecule is COc1cccc(C(C)(O)CNC2CC2)c1. The first kappa shape index (κ1) is 11.4. The molecule has 1 aromatic rings. The predicted molar refractivity (Wildman–Crippen MR) is 63.6 cm³/mol. The van der Waals surface area contributed by atoms with Crippen molar-refractivity contribution in [3.05, 3.63) is 29.8 Å². The van der Waals surface area contributed by atoms with Gasteiger partial charge in [0.25, 0.3) is 0 Å². The number of ether oxygens (including phenoxy) is 1. The molecule has 1 aliphatic rings. The van der Waals surface area contributed by atoms with Crippen molar-refractivity contribution in [2.45, 2.75) is 31.4 Å². The first-order valence-electron chi connectivity index (χ1n) is 5.72. The first-order valence-corrected chi connectivity index (χ1v) is 5.72. The van der Waals surface area contributed by atoms with Gasteiger partial charge in [0.05, 0.1) is 12.7 Å². The Hall–Kier alpha value is -1.06. The average molecular weight is 221 g/mol. The van der Waals surface area contributed by atoms with E-state index in [4.69, 9.17) is 4.74 Å². The Balaban J connectivity index is 2.06. The van der Waals surface area contributed by atoms with E-state index in [-0.39, 0.29) is 0 Å². The molecule has 16 heavy (non-hydrogen) atoms. The minimum atomic E-state index is -0.836. The molecule has 88 valence electrons. The normalized spacial score (nSPS) is 19.2. The van der Waals surface area contributed by atoms with Gasteiger partial charge < -0.3 is 15.2 Å². The van der Waals surface area contributed by atoms with E-state index in [1.54, 1.807) is 7.11 Å². The second-order valence-electron chi connectivity index (χ2n) is 4.66. The highest BCUT2D eigenvalue weighted by atomic mass is 16.5. The summed E-state index contributed by atoms with van der Waals surface area (Å²) in [7, 11) is 1.64. The summed E-state index contributed by atoms with van der Waals surface area (Å²) >= 11 is 0. The van der Waals surface area contributed by atoms with Crippen molar-refractivity contribution < 1.29 is 9.84 Å². The van der Waals surface area contributed by atoms with E-state index in [0.717, 1.165) is 11.3 Å². The third kappa shape index (κ3) is 2.74. The lowest BCUT2D eigenvalue weighted by atomic mass is 9.96. The highest BCUT2D eigenvalue weighted by molar-refractivity contribution is 5.32. The molecule has 0 heterocycles. The van der Waals surface area contributed by atoms with Crippen LogP contribution in [0, 0.1) is 0 Å². The molecular weight excluding hydrogens is 202 g/mol. The zero-order valence-electron chi connectivity index (χ0n) is 9.86. The molecule has 1 saturated carbocycles. The quantitative estimate of drug-likeness (QED) is 0.794. The van der Waals surface area contributed by atoms with Crippen LogP contribution in [0.4, 0.5) is 0 Å². The molecule has 1 aliphatic carbocycles. The molecule has 3 heteroatoms. The topological polar surface area (TPSA) is 41.5 Å². The monoisotopic (exact) mass is 221 g/mol. The van der Waals surface area contributed by atoms with Crippen molar-refractivity contribution in [2.75, 3.05) is 13.7 Å². The number of aliphatic hydroxyl groups is 1. The zero-order chi connectivity index (χ0) is 11.6. The molecule has 1 unspecified atom stereocenters. The van der Waals surface area contributed by atoms with Crippen molar-refractivity contribution in [3.8, 4) is 5.75 Å². The molecule has 2 rings (SSSR count). The number of hydrogen-bond donors (Lipinski definition) is 2. The second-order valence-corrected chi connectivity index (χ2v) is 4.66. The number of methoxy groups -OCH3 is 1. The third-order valence-electron chi connectivity index (χ3n) is 3.00. The molecule has 0 saturated heterocycles. The van der Waals surface area contributed by atoms with Gasteiger partial charge in [0.15, 0.2) is 0 Å². The summed E-state index contributed by atoms with van der Waals surface area (Å²) in [5.41, 5.74) is 0.0527. The number of benzene rings is 1. The second kappa shape index (κ2) is 4.44. The predicted octanol–water partition coefficient (Wildman–Crippen LogP) is 1.65. The van der Waals surface area contributed by atoms with Gasteiger partial charge >= 0.3 is 0 Å². The summed E-state index contributed by atoms with van der Waals surface area (Å²) in [6.45, 7) is 2.42. The number of nitrogens with one attached hydrogen (secondary N) is 1. The third-order valence-corrected chi connectivity index (χ3v) is 3.00. The fourth-order valence-electron chi connectivity index (χ4n) is 1.69. The van der Waals surface area contributed by atoms with Gasteiger partial charge in [-0.25, -0.2) is 0 Å². The highest BCUT2D eigenvalue weighted by Crippen LogP contribution is 2.26. The van der Waals surface area contributed by atoms with Gasteiger partial charge in [0.2, 0.25) is 0 Å². The maximum atomic E-state index is 10.4. The molecule has 0 aromatic heterocycles. The Labute approximate surface area is 96.4 Å². The van der Waals surface area contributed by atoms with E-state index in [2.05, 4.69) is 5.32 Å². The smallest absolute Gasteiger partial charge is 0.119 e. The Morgan fingerprint density at radius 3 is 2.88 bits per heavy atom. The van der Waals surface area contributed by atoms with Crippen LogP contribution < -0.4 is 10.1 Å². The van der Waals surface area contributed by atoms with Crippen LogP contribution in [0.3, 0.4) is 0 Å². The van der Waals surface area contributed by atoms with Crippen LogP contribution in [0.15, 0.2) is 24.3 Å². The van der Waals surface area contributed by atoms with E-state index < -0.39 is 5.60 Å². The van der Waals surface area contributed by atoms with E-state index in [1.165, 1.54) is 12.8 Å². The summed E-state index contributed by atoms with van der Waals surface area (Å²) in [6.07, 6.45) is 2.46. The Morgan fingerprint density at radius 2 is 2.25 bits per heavy atom. The maximum Gasteiger partial charge on any atom is 0.119 e. The molecular formula is C13H19NO2. The summed E-state index contributed by atoms with van der Waals surface area (Å²) in [5, 5.41) is 13.7. The van der Waals surface area contributed by atoms with E-state index in [1.807, 2.05) is 31.2 Å². The van der Waals surface area contributed by atoms with E-state index >= 15 is 0 Å². The van der Waals surface area contributed by atoms with Crippen molar-refractivity contribution in [3.63, 3.8) is 0 Å². The summed E-state index contributed by atoms with van der Waals surface area (Å²) in [6, 6.07) is 8.20. The van der Waals surface area contributed by atoms with Crippen molar-refractivity contribution in [1.82, 2.24) is 5.32 Å². The molecule has 1 fully saturated rings. The van der Waals surface area contributed by atoms with Gasteiger partial charge in [0, 0.05) is 12.6 Å². The molecule has 3 nitrogen and oxygen atoms in total. The number of hydrogen-bond acceptors (Lipinski definition) is 3. The van der Waals surface area contributed by atoms with Gasteiger partial charge in [-0.1, -0.05) is 12.1 Å². The Morgan fingerprint density at radius 1 is 1.50 bits per heavy atom. The Bertz CT molecular complexity index is 359. The van der Waals surface area contributed by atoms with Gasteiger partial charge in [-0.05, 0) is 37.5 Å². The maximum absolute atomic E-state index is 10.4. The van der Waals surface area contributed by atoms with Crippen LogP contribution in [0.2, 0.25) is 0 Å². The van der Waals surface area contributed by atoms with E-state index in [9.17, 15) is 5.11 Å². The lowest BCUT2D eigenvalue weighted by molar-refractivity contribution is 0.0564. The van der Waals surface area contributed by atoms with Crippen LogP contribution >= 0.6 is 0 Å². The van der Waals surface area contributed by atoms with Crippen LogP contribution in [-0.4, -0.2) is 24.8 Å². The van der Waals surface area contributed by atoms with Gasteiger partial charge in [-0.15, -0.1) is 0 Å². The fraction of sp³-hybridized carbons (Fsp3) is 0.538. The number of rotatable bonds is 5. The minimum absolute atomic E-state index is 0.588. The average Bonchev–Trinajstić information content (AvgIpc) is 3.10. The standard InChI is InChI=1S/C13H19NO2/c1-13(15,9-14-11-6-7-11)10-4-3-5-12(8-10)16-2/h3-5,8,11,14-15H,6-7,9H2,1-2H3. The lowest BCUT2D eigenvalue weighted by Crippen LogP contribution is -2.36. The molecule has 1 aromatic carbocycles. The van der Waals surface area contributed by atoms with Crippen LogP contribution in [0.5, 0.6) is 5.75 Å². The summed E-state index contributed by atoms with van der Waals surface area (Å²) in [5.74, 6) is 0.782. The van der Waals surface area contributed by atoms with E-state index in [0.29, 0.717) is 12.6 Å². The first-order chi connectivity index (χ1) is 7.62. The highest BCUT2D eigenvalue weighted by Gasteiger charge is 2.28. The Kier molecular flexibility index (Phi) is 3.17.